The smallest absolute Gasteiger partial charge is 0.193 e. The lowest BCUT2D eigenvalue weighted by Crippen LogP contribution is -2.18. The Morgan fingerprint density at radius 1 is 1.05 bits per heavy atom. The number of halogens is 1. The number of benzene rings is 2. The summed E-state index contributed by atoms with van der Waals surface area (Å²) in [7, 11) is 0. The lowest BCUT2D eigenvalue weighted by Gasteiger charge is -2.09. The van der Waals surface area contributed by atoms with E-state index in [0.29, 0.717) is 16.9 Å². The molecular formula is C16H15ClO3. The second-order valence-electron chi connectivity index (χ2n) is 4.34. The van der Waals surface area contributed by atoms with Gasteiger partial charge in [-0.25, -0.2) is 0 Å². The van der Waals surface area contributed by atoms with Crippen LogP contribution in [0, 0.1) is 0 Å². The van der Waals surface area contributed by atoms with Gasteiger partial charge in [0.15, 0.2) is 5.78 Å². The molecule has 0 aliphatic carbocycles. The van der Waals surface area contributed by atoms with Crippen molar-refractivity contribution >= 4 is 17.4 Å². The molecule has 0 aliphatic rings. The molecule has 0 aromatic heterocycles. The summed E-state index contributed by atoms with van der Waals surface area (Å²) in [4.78, 5) is 12.2. The van der Waals surface area contributed by atoms with Gasteiger partial charge >= 0.3 is 0 Å². The van der Waals surface area contributed by atoms with Gasteiger partial charge in [-0.3, -0.25) is 4.79 Å². The summed E-state index contributed by atoms with van der Waals surface area (Å²) in [5.41, 5.74) is 1.25. The van der Waals surface area contributed by atoms with E-state index in [2.05, 4.69) is 0 Å². The summed E-state index contributed by atoms with van der Waals surface area (Å²) in [5.74, 6) is 0.696. The van der Waals surface area contributed by atoms with Crippen LogP contribution in [-0.2, 0) is 0 Å². The molecule has 1 atom stereocenters. The molecule has 0 aliphatic heterocycles. The number of aliphatic hydroxyl groups is 1. The van der Waals surface area contributed by atoms with Crippen LogP contribution < -0.4 is 4.74 Å². The van der Waals surface area contributed by atoms with Gasteiger partial charge in [-0.2, -0.15) is 0 Å². The fourth-order valence-electron chi connectivity index (χ4n) is 1.70. The van der Waals surface area contributed by atoms with E-state index in [9.17, 15) is 9.90 Å². The summed E-state index contributed by atoms with van der Waals surface area (Å²) in [5, 5.41) is 9.30. The number of hydrogen-bond acceptors (Lipinski definition) is 3. The second kappa shape index (κ2) is 7.08. The highest BCUT2D eigenvalue weighted by Crippen LogP contribution is 2.15. The Morgan fingerprint density at radius 3 is 2.25 bits per heavy atom. The average Bonchev–Trinajstić information content (AvgIpc) is 2.53. The Morgan fingerprint density at radius 2 is 1.65 bits per heavy atom. The molecule has 0 saturated carbocycles. The van der Waals surface area contributed by atoms with Gasteiger partial charge in [-0.05, 0) is 24.3 Å². The van der Waals surface area contributed by atoms with Crippen molar-refractivity contribution in [2.45, 2.75) is 6.10 Å². The van der Waals surface area contributed by atoms with Crippen molar-refractivity contribution in [3.05, 3.63) is 65.7 Å². The van der Waals surface area contributed by atoms with Gasteiger partial charge < -0.3 is 9.84 Å². The van der Waals surface area contributed by atoms with Crippen LogP contribution in [0.15, 0.2) is 54.6 Å². The Kier molecular flexibility index (Phi) is 5.16. The van der Waals surface area contributed by atoms with Crippen molar-refractivity contribution in [1.29, 1.82) is 0 Å². The number of carbonyl (C=O) groups is 1. The molecule has 3 nitrogen and oxygen atoms in total. The summed E-state index contributed by atoms with van der Waals surface area (Å²) in [6, 6.07) is 15.9. The minimum atomic E-state index is -0.692. The molecule has 2 aromatic carbocycles. The van der Waals surface area contributed by atoms with Crippen LogP contribution in [0.4, 0.5) is 0 Å². The van der Waals surface area contributed by atoms with Gasteiger partial charge in [0, 0.05) is 11.1 Å². The number of alkyl halides is 1. The number of aliphatic hydroxyl groups excluding tert-OH is 1. The number of ether oxygens (including phenoxy) is 1. The SMILES string of the molecule is O=C(c1ccccc1)c1ccc(OC[C@H](O)CCl)cc1. The first-order valence-electron chi connectivity index (χ1n) is 6.27. The van der Waals surface area contributed by atoms with E-state index in [1.165, 1.54) is 0 Å². The zero-order valence-electron chi connectivity index (χ0n) is 10.8. The van der Waals surface area contributed by atoms with Crippen LogP contribution in [-0.4, -0.2) is 29.5 Å². The molecule has 0 bridgehead atoms. The molecule has 0 fully saturated rings. The van der Waals surface area contributed by atoms with Crippen LogP contribution in [0.25, 0.3) is 0 Å². The highest BCUT2D eigenvalue weighted by Gasteiger charge is 2.09. The van der Waals surface area contributed by atoms with E-state index in [1.807, 2.05) is 18.2 Å². The maximum absolute atomic E-state index is 12.2. The second-order valence-corrected chi connectivity index (χ2v) is 4.65. The third-order valence-electron chi connectivity index (χ3n) is 2.77. The fraction of sp³-hybridized carbons (Fsp3) is 0.188. The monoisotopic (exact) mass is 290 g/mol. The molecule has 2 aromatic rings. The van der Waals surface area contributed by atoms with E-state index in [-0.39, 0.29) is 18.3 Å². The fourth-order valence-corrected chi connectivity index (χ4v) is 1.78. The number of ketones is 1. The van der Waals surface area contributed by atoms with E-state index in [1.54, 1.807) is 36.4 Å². The molecular weight excluding hydrogens is 276 g/mol. The molecule has 0 amide bonds. The minimum Gasteiger partial charge on any atom is -0.491 e. The quantitative estimate of drug-likeness (QED) is 0.657. The zero-order chi connectivity index (χ0) is 14.4. The lowest BCUT2D eigenvalue weighted by atomic mass is 10.0. The first-order valence-corrected chi connectivity index (χ1v) is 6.81. The van der Waals surface area contributed by atoms with E-state index in [0.717, 1.165) is 0 Å². The average molecular weight is 291 g/mol. The molecule has 104 valence electrons. The predicted molar refractivity (Wildman–Crippen MR) is 78.5 cm³/mol. The van der Waals surface area contributed by atoms with Gasteiger partial charge in [0.05, 0.1) is 5.88 Å². The third kappa shape index (κ3) is 3.83. The van der Waals surface area contributed by atoms with Gasteiger partial charge in [0.1, 0.15) is 18.5 Å². The van der Waals surface area contributed by atoms with Gasteiger partial charge in [0.2, 0.25) is 0 Å². The van der Waals surface area contributed by atoms with Crippen molar-refractivity contribution in [2.24, 2.45) is 0 Å². The maximum atomic E-state index is 12.2. The molecule has 1 N–H and O–H groups in total. The normalized spacial score (nSPS) is 11.9. The van der Waals surface area contributed by atoms with E-state index >= 15 is 0 Å². The first kappa shape index (κ1) is 14.6. The lowest BCUT2D eigenvalue weighted by molar-refractivity contribution is 0.103. The van der Waals surface area contributed by atoms with Gasteiger partial charge in [-0.1, -0.05) is 30.3 Å². The van der Waals surface area contributed by atoms with Crippen molar-refractivity contribution < 1.29 is 14.6 Å². The Hall–Kier alpha value is -1.84. The molecule has 20 heavy (non-hydrogen) atoms. The molecule has 0 unspecified atom stereocenters. The highest BCUT2D eigenvalue weighted by molar-refractivity contribution is 6.18. The van der Waals surface area contributed by atoms with Crippen molar-refractivity contribution in [3.63, 3.8) is 0 Å². The van der Waals surface area contributed by atoms with Crippen molar-refractivity contribution in [1.82, 2.24) is 0 Å². The van der Waals surface area contributed by atoms with Crippen LogP contribution in [0.3, 0.4) is 0 Å². The van der Waals surface area contributed by atoms with Gasteiger partial charge in [0.25, 0.3) is 0 Å². The summed E-state index contributed by atoms with van der Waals surface area (Å²) < 4.78 is 5.35. The van der Waals surface area contributed by atoms with Crippen molar-refractivity contribution in [2.75, 3.05) is 12.5 Å². The standard InChI is InChI=1S/C16H15ClO3/c17-10-14(18)11-20-15-8-6-13(7-9-15)16(19)12-4-2-1-3-5-12/h1-9,14,18H,10-11H2/t14-/m1/s1. The van der Waals surface area contributed by atoms with Crippen molar-refractivity contribution in [3.8, 4) is 5.75 Å². The molecule has 0 saturated heterocycles. The molecule has 4 heteroatoms. The summed E-state index contributed by atoms with van der Waals surface area (Å²) >= 11 is 5.48. The van der Waals surface area contributed by atoms with Gasteiger partial charge in [-0.15, -0.1) is 11.6 Å². The summed E-state index contributed by atoms with van der Waals surface area (Å²) in [6.07, 6.45) is -0.692. The molecule has 0 heterocycles. The van der Waals surface area contributed by atoms with Crippen LogP contribution in [0.5, 0.6) is 5.75 Å². The Bertz CT molecular complexity index is 552. The summed E-state index contributed by atoms with van der Waals surface area (Å²) in [6.45, 7) is 0.134. The third-order valence-corrected chi connectivity index (χ3v) is 3.13. The zero-order valence-corrected chi connectivity index (χ0v) is 11.6. The van der Waals surface area contributed by atoms with E-state index < -0.39 is 6.10 Å². The molecule has 2 rings (SSSR count). The topological polar surface area (TPSA) is 46.5 Å². The Labute approximate surface area is 122 Å². The van der Waals surface area contributed by atoms with Crippen LogP contribution >= 0.6 is 11.6 Å². The Balaban J connectivity index is 2.03. The van der Waals surface area contributed by atoms with Crippen LogP contribution in [0.1, 0.15) is 15.9 Å². The molecule has 0 radical (unpaired) electrons. The van der Waals surface area contributed by atoms with Crippen LogP contribution in [0.2, 0.25) is 0 Å². The number of hydrogen-bond donors (Lipinski definition) is 1. The number of rotatable bonds is 6. The first-order chi connectivity index (χ1) is 9.70. The highest BCUT2D eigenvalue weighted by atomic mass is 35.5. The maximum Gasteiger partial charge on any atom is 0.193 e. The van der Waals surface area contributed by atoms with E-state index in [4.69, 9.17) is 16.3 Å². The number of carbonyl (C=O) groups excluding carboxylic acids is 1. The minimum absolute atomic E-state index is 0.0297. The predicted octanol–water partition coefficient (Wildman–Crippen LogP) is 2.90. The molecule has 0 spiro atoms. The largest absolute Gasteiger partial charge is 0.491 e.